The van der Waals surface area contributed by atoms with E-state index in [1.54, 1.807) is 24.5 Å². The zero-order valence-corrected chi connectivity index (χ0v) is 19.5. The minimum absolute atomic E-state index is 0. The Labute approximate surface area is 191 Å². The molecule has 2 N–H and O–H groups in total. The number of nitrogens with zero attached hydrogens (tertiary/aromatic N) is 2. The molecule has 0 radical (unpaired) electrons. The van der Waals surface area contributed by atoms with Gasteiger partial charge >= 0.3 is 0 Å². The number of halogens is 2. The third-order valence-electron chi connectivity index (χ3n) is 3.98. The topological polar surface area (TPSA) is 58.5 Å². The molecule has 0 spiro atoms. The predicted octanol–water partition coefficient (Wildman–Crippen LogP) is 4.65. The van der Waals surface area contributed by atoms with E-state index in [0.29, 0.717) is 19.7 Å². The number of thiazole rings is 1. The number of ether oxygens (including phenoxy) is 1. The molecular formula is C21H24FIN4OS. The second-order valence-electron chi connectivity index (χ2n) is 6.21. The van der Waals surface area contributed by atoms with Crippen molar-refractivity contribution in [2.75, 3.05) is 7.05 Å². The van der Waals surface area contributed by atoms with Crippen molar-refractivity contribution in [2.24, 2.45) is 4.99 Å². The van der Waals surface area contributed by atoms with Gasteiger partial charge in [-0.2, -0.15) is 0 Å². The van der Waals surface area contributed by atoms with Gasteiger partial charge in [0.1, 0.15) is 23.2 Å². The van der Waals surface area contributed by atoms with Crippen molar-refractivity contribution in [3.8, 4) is 5.75 Å². The molecule has 0 aliphatic rings. The Hall–Kier alpha value is -2.20. The molecular weight excluding hydrogens is 502 g/mol. The first-order chi connectivity index (χ1) is 13.6. The lowest BCUT2D eigenvalue weighted by Crippen LogP contribution is -2.36. The van der Waals surface area contributed by atoms with E-state index in [1.165, 1.54) is 17.0 Å². The van der Waals surface area contributed by atoms with Crippen LogP contribution in [0.25, 0.3) is 0 Å². The normalized spacial score (nSPS) is 10.9. The molecule has 8 heteroatoms. The van der Waals surface area contributed by atoms with Crippen LogP contribution in [-0.4, -0.2) is 18.0 Å². The molecule has 0 aliphatic carbocycles. The second kappa shape index (κ2) is 11.7. The summed E-state index contributed by atoms with van der Waals surface area (Å²) in [5, 5.41) is 7.56. The molecule has 1 aromatic heterocycles. The van der Waals surface area contributed by atoms with E-state index in [1.807, 2.05) is 43.5 Å². The maximum atomic E-state index is 13.2. The molecule has 154 valence electrons. The van der Waals surface area contributed by atoms with E-state index in [9.17, 15) is 4.39 Å². The maximum absolute atomic E-state index is 13.2. The molecule has 5 nitrogen and oxygen atoms in total. The highest BCUT2D eigenvalue weighted by molar-refractivity contribution is 14.0. The SMILES string of the molecule is CN=C(NCc1ccc(OCc2cccc(F)c2)cc1)NCc1ncc(C)s1.I. The molecule has 0 saturated heterocycles. The van der Waals surface area contributed by atoms with Crippen molar-refractivity contribution >= 4 is 41.3 Å². The number of hydrogen-bond donors (Lipinski definition) is 2. The first-order valence-corrected chi connectivity index (χ1v) is 9.76. The van der Waals surface area contributed by atoms with Gasteiger partial charge in [0.05, 0.1) is 6.54 Å². The predicted molar refractivity (Wildman–Crippen MR) is 126 cm³/mol. The number of aryl methyl sites for hydroxylation is 1. The average molecular weight is 526 g/mol. The van der Waals surface area contributed by atoms with Crippen LogP contribution in [0.2, 0.25) is 0 Å². The van der Waals surface area contributed by atoms with Crippen LogP contribution in [0, 0.1) is 12.7 Å². The van der Waals surface area contributed by atoms with E-state index in [4.69, 9.17) is 4.74 Å². The first-order valence-electron chi connectivity index (χ1n) is 8.94. The highest BCUT2D eigenvalue weighted by atomic mass is 127. The van der Waals surface area contributed by atoms with Crippen molar-refractivity contribution in [3.63, 3.8) is 0 Å². The Morgan fingerprint density at radius 2 is 1.86 bits per heavy atom. The van der Waals surface area contributed by atoms with Crippen LogP contribution in [-0.2, 0) is 19.7 Å². The van der Waals surface area contributed by atoms with Gasteiger partial charge in [-0.05, 0) is 42.3 Å². The quantitative estimate of drug-likeness (QED) is 0.267. The van der Waals surface area contributed by atoms with Crippen molar-refractivity contribution in [1.29, 1.82) is 0 Å². The maximum Gasteiger partial charge on any atom is 0.191 e. The van der Waals surface area contributed by atoms with Gasteiger partial charge in [0, 0.05) is 24.7 Å². The summed E-state index contributed by atoms with van der Waals surface area (Å²) in [6, 6.07) is 14.2. The van der Waals surface area contributed by atoms with Crippen LogP contribution in [0.4, 0.5) is 4.39 Å². The number of aliphatic imine (C=N–C) groups is 1. The fourth-order valence-corrected chi connectivity index (χ4v) is 3.27. The molecule has 0 fully saturated rings. The molecule has 0 aliphatic heterocycles. The number of guanidine groups is 1. The molecule has 1 heterocycles. The van der Waals surface area contributed by atoms with Crippen LogP contribution in [0.5, 0.6) is 5.75 Å². The zero-order chi connectivity index (χ0) is 19.8. The fraction of sp³-hybridized carbons (Fsp3) is 0.238. The van der Waals surface area contributed by atoms with E-state index >= 15 is 0 Å². The van der Waals surface area contributed by atoms with Gasteiger partial charge in [-0.1, -0.05) is 24.3 Å². The van der Waals surface area contributed by atoms with E-state index in [2.05, 4.69) is 20.6 Å². The molecule has 2 aromatic carbocycles. The van der Waals surface area contributed by atoms with Crippen molar-refractivity contribution in [1.82, 2.24) is 15.6 Å². The monoisotopic (exact) mass is 526 g/mol. The molecule has 29 heavy (non-hydrogen) atoms. The Kier molecular flexibility index (Phi) is 9.33. The van der Waals surface area contributed by atoms with Gasteiger partial charge in [0.15, 0.2) is 5.96 Å². The third kappa shape index (κ3) is 7.62. The molecule has 0 bridgehead atoms. The molecule has 0 amide bonds. The van der Waals surface area contributed by atoms with E-state index in [0.717, 1.165) is 27.8 Å². The van der Waals surface area contributed by atoms with Crippen LogP contribution >= 0.6 is 35.3 Å². The van der Waals surface area contributed by atoms with Crippen LogP contribution in [0.15, 0.2) is 59.7 Å². The Bertz CT molecular complexity index is 930. The summed E-state index contributed by atoms with van der Waals surface area (Å²) in [4.78, 5) is 9.76. The molecule has 3 rings (SSSR count). The lowest BCUT2D eigenvalue weighted by molar-refractivity contribution is 0.305. The summed E-state index contributed by atoms with van der Waals surface area (Å²) in [7, 11) is 1.74. The highest BCUT2D eigenvalue weighted by Crippen LogP contribution is 2.15. The summed E-state index contributed by atoms with van der Waals surface area (Å²) in [5.74, 6) is 1.21. The number of hydrogen-bond acceptors (Lipinski definition) is 4. The van der Waals surface area contributed by atoms with Crippen LogP contribution in [0.3, 0.4) is 0 Å². The number of aromatic nitrogens is 1. The van der Waals surface area contributed by atoms with Gasteiger partial charge in [0.2, 0.25) is 0 Å². The standard InChI is InChI=1S/C21H23FN4OS.HI/c1-15-11-24-20(28-15)13-26-21(23-2)25-12-16-6-8-19(9-7-16)27-14-17-4-3-5-18(22)10-17;/h3-11H,12-14H2,1-2H3,(H2,23,25,26);1H. The number of nitrogens with one attached hydrogen (secondary N) is 2. The van der Waals surface area contributed by atoms with Gasteiger partial charge in [-0.15, -0.1) is 35.3 Å². The fourth-order valence-electron chi connectivity index (χ4n) is 2.55. The Balaban J connectivity index is 0.00000300. The smallest absolute Gasteiger partial charge is 0.191 e. The van der Waals surface area contributed by atoms with Crippen LogP contribution in [0.1, 0.15) is 21.0 Å². The van der Waals surface area contributed by atoms with Gasteiger partial charge in [0.25, 0.3) is 0 Å². The first kappa shape index (κ1) is 23.1. The van der Waals surface area contributed by atoms with Crippen LogP contribution < -0.4 is 15.4 Å². The van der Waals surface area contributed by atoms with Gasteiger partial charge in [-0.25, -0.2) is 9.37 Å². The zero-order valence-electron chi connectivity index (χ0n) is 16.3. The minimum atomic E-state index is -0.255. The van der Waals surface area contributed by atoms with Gasteiger partial charge in [-0.3, -0.25) is 4.99 Å². The lowest BCUT2D eigenvalue weighted by atomic mass is 10.2. The Morgan fingerprint density at radius 1 is 1.10 bits per heavy atom. The van der Waals surface area contributed by atoms with E-state index in [-0.39, 0.29) is 29.8 Å². The number of rotatable bonds is 7. The van der Waals surface area contributed by atoms with Crippen molar-refractivity contribution in [2.45, 2.75) is 26.6 Å². The van der Waals surface area contributed by atoms with E-state index < -0.39 is 0 Å². The van der Waals surface area contributed by atoms with Crippen molar-refractivity contribution in [3.05, 3.63) is 81.6 Å². The summed E-state index contributed by atoms with van der Waals surface area (Å²) >= 11 is 1.67. The average Bonchev–Trinajstić information content (AvgIpc) is 3.12. The molecule has 3 aromatic rings. The number of benzene rings is 2. The summed E-state index contributed by atoms with van der Waals surface area (Å²) in [5.41, 5.74) is 1.90. The van der Waals surface area contributed by atoms with Crippen molar-refractivity contribution < 1.29 is 9.13 Å². The summed E-state index contributed by atoms with van der Waals surface area (Å²) < 4.78 is 18.9. The minimum Gasteiger partial charge on any atom is -0.489 e. The highest BCUT2D eigenvalue weighted by Gasteiger charge is 2.03. The second-order valence-corrected chi connectivity index (χ2v) is 7.53. The molecule has 0 unspecified atom stereocenters. The molecule has 0 atom stereocenters. The largest absolute Gasteiger partial charge is 0.489 e. The molecule has 0 saturated carbocycles. The lowest BCUT2D eigenvalue weighted by Gasteiger charge is -2.12. The summed E-state index contributed by atoms with van der Waals surface area (Å²) in [6.45, 7) is 3.66. The third-order valence-corrected chi connectivity index (χ3v) is 4.89. The Morgan fingerprint density at radius 3 is 2.52 bits per heavy atom. The summed E-state index contributed by atoms with van der Waals surface area (Å²) in [6.07, 6.45) is 1.87. The van der Waals surface area contributed by atoms with Gasteiger partial charge < -0.3 is 15.4 Å².